The summed E-state index contributed by atoms with van der Waals surface area (Å²) in [5.41, 5.74) is 6.28. The molecule has 0 aromatic heterocycles. The number of nitrogens with two attached hydrogens (primary N) is 1. The van der Waals surface area contributed by atoms with Gasteiger partial charge in [-0.25, -0.2) is 4.99 Å². The summed E-state index contributed by atoms with van der Waals surface area (Å²) in [6.45, 7) is 0.797. The van der Waals surface area contributed by atoms with Crippen molar-refractivity contribution in [3.63, 3.8) is 0 Å². The summed E-state index contributed by atoms with van der Waals surface area (Å²) in [5, 5.41) is 15.4. The van der Waals surface area contributed by atoms with Crippen LogP contribution in [0.25, 0.3) is 0 Å². The fourth-order valence-electron chi connectivity index (χ4n) is 1.35. The van der Waals surface area contributed by atoms with Crippen LogP contribution in [0.5, 0.6) is 0 Å². The second-order valence-electron chi connectivity index (χ2n) is 2.79. The van der Waals surface area contributed by atoms with E-state index in [2.05, 4.69) is 15.6 Å². The molecule has 0 bridgehead atoms. The van der Waals surface area contributed by atoms with Gasteiger partial charge in [0.25, 0.3) is 0 Å². The summed E-state index contributed by atoms with van der Waals surface area (Å²) < 4.78 is 0. The quantitative estimate of drug-likeness (QED) is 0.359. The lowest BCUT2D eigenvalue weighted by atomic mass is 10.0. The minimum atomic E-state index is -0.787. The van der Waals surface area contributed by atoms with Gasteiger partial charge in [-0.2, -0.15) is 0 Å². The van der Waals surface area contributed by atoms with Gasteiger partial charge in [0.05, 0.1) is 0 Å². The third-order valence-electron chi connectivity index (χ3n) is 1.93. The van der Waals surface area contributed by atoms with Crippen LogP contribution in [0.1, 0.15) is 6.42 Å². The maximum Gasteiger partial charge on any atom is 0.197 e. The lowest BCUT2D eigenvalue weighted by Crippen LogP contribution is -2.45. The zero-order chi connectivity index (χ0) is 8.55. The zero-order valence-corrected chi connectivity index (χ0v) is 6.54. The number of aliphatic imine (C=N–C) groups is 1. The molecule has 0 saturated heterocycles. The average Bonchev–Trinajstić information content (AvgIpc) is 2.04. The number of nitrogens with zero attached hydrogens (tertiary/aromatic N) is 1. The zero-order valence-electron chi connectivity index (χ0n) is 6.54. The van der Waals surface area contributed by atoms with E-state index in [1.807, 2.05) is 6.42 Å². The molecule has 2 rings (SSSR count). The van der Waals surface area contributed by atoms with Crippen molar-refractivity contribution in [1.29, 1.82) is 0 Å². The summed E-state index contributed by atoms with van der Waals surface area (Å²) in [7, 11) is 0. The Kier molecular flexibility index (Phi) is 1.65. The van der Waals surface area contributed by atoms with Gasteiger partial charge >= 0.3 is 0 Å². The fourth-order valence-corrected chi connectivity index (χ4v) is 1.35. The van der Waals surface area contributed by atoms with E-state index in [-0.39, 0.29) is 5.96 Å². The third-order valence-corrected chi connectivity index (χ3v) is 1.93. The lowest BCUT2D eigenvalue weighted by molar-refractivity contribution is 0.210. The van der Waals surface area contributed by atoms with Crippen LogP contribution in [0.4, 0.5) is 0 Å². The first kappa shape index (κ1) is 7.42. The number of nitrogens with one attached hydrogen (secondary N) is 2. The van der Waals surface area contributed by atoms with Crippen LogP contribution in [0.15, 0.2) is 16.4 Å². The van der Waals surface area contributed by atoms with Crippen molar-refractivity contribution in [2.45, 2.75) is 12.6 Å². The minimum Gasteiger partial charge on any atom is -0.371 e. The van der Waals surface area contributed by atoms with Gasteiger partial charge in [0.15, 0.2) is 12.2 Å². The van der Waals surface area contributed by atoms with E-state index in [4.69, 9.17) is 5.73 Å². The average molecular weight is 167 g/mol. The summed E-state index contributed by atoms with van der Waals surface area (Å²) in [5.74, 6) is 1.06. The number of rotatable bonds is 0. The van der Waals surface area contributed by atoms with Gasteiger partial charge in [0, 0.05) is 12.1 Å². The Morgan fingerprint density at radius 1 is 1.67 bits per heavy atom. The van der Waals surface area contributed by atoms with E-state index in [9.17, 15) is 5.11 Å². The molecule has 2 aliphatic heterocycles. The molecular formula is C7H11N4O. The topological polar surface area (TPSA) is 82.7 Å². The van der Waals surface area contributed by atoms with Crippen molar-refractivity contribution >= 4 is 5.96 Å². The molecule has 5 heteroatoms. The molecule has 2 aliphatic rings. The molecule has 5 N–H and O–H groups in total. The summed E-state index contributed by atoms with van der Waals surface area (Å²) in [4.78, 5) is 3.79. The van der Waals surface area contributed by atoms with Crippen molar-refractivity contribution in [1.82, 2.24) is 10.6 Å². The maximum atomic E-state index is 9.45. The van der Waals surface area contributed by atoms with Crippen molar-refractivity contribution in [3.05, 3.63) is 17.8 Å². The molecule has 5 nitrogen and oxygen atoms in total. The van der Waals surface area contributed by atoms with Crippen LogP contribution in [0.2, 0.25) is 0 Å². The van der Waals surface area contributed by atoms with Gasteiger partial charge in [-0.15, -0.1) is 0 Å². The van der Waals surface area contributed by atoms with Crippen molar-refractivity contribution < 1.29 is 5.11 Å². The summed E-state index contributed by atoms with van der Waals surface area (Å²) in [6, 6.07) is 0. The molecule has 65 valence electrons. The fraction of sp³-hybridized carbons (Fsp3) is 0.429. The van der Waals surface area contributed by atoms with Crippen LogP contribution >= 0.6 is 0 Å². The Labute approximate surface area is 70.4 Å². The Balaban J connectivity index is 2.25. The van der Waals surface area contributed by atoms with Crippen LogP contribution < -0.4 is 16.4 Å². The third kappa shape index (κ3) is 1.12. The van der Waals surface area contributed by atoms with Gasteiger partial charge in [0.1, 0.15) is 5.82 Å². The molecule has 1 unspecified atom stereocenters. The van der Waals surface area contributed by atoms with Crippen LogP contribution in [0.3, 0.4) is 0 Å². The Bertz CT molecular complexity index is 258. The highest BCUT2D eigenvalue weighted by atomic mass is 16.3. The van der Waals surface area contributed by atoms with E-state index < -0.39 is 6.23 Å². The standard InChI is InChI=1S/C7H11N4O/c8-7-10-5-4(6(12)11-7)2-1-3-9-5/h1,6,9,12H,2-3H2,(H3,8,10,11). The van der Waals surface area contributed by atoms with E-state index in [1.54, 1.807) is 0 Å². The molecule has 0 aliphatic carbocycles. The first-order valence-corrected chi connectivity index (χ1v) is 3.84. The van der Waals surface area contributed by atoms with Crippen molar-refractivity contribution in [2.24, 2.45) is 10.7 Å². The Morgan fingerprint density at radius 2 is 2.50 bits per heavy atom. The molecular weight excluding hydrogens is 156 g/mol. The Hall–Kier alpha value is -1.23. The normalized spacial score (nSPS) is 28.4. The minimum absolute atomic E-state index is 0.260. The van der Waals surface area contributed by atoms with E-state index in [0.717, 1.165) is 24.4 Å². The van der Waals surface area contributed by atoms with E-state index >= 15 is 0 Å². The highest BCUT2D eigenvalue weighted by Gasteiger charge is 2.23. The smallest absolute Gasteiger partial charge is 0.197 e. The molecule has 0 saturated carbocycles. The van der Waals surface area contributed by atoms with Gasteiger partial charge in [-0.3, -0.25) is 0 Å². The predicted molar refractivity (Wildman–Crippen MR) is 44.7 cm³/mol. The van der Waals surface area contributed by atoms with E-state index in [0.29, 0.717) is 0 Å². The largest absolute Gasteiger partial charge is 0.371 e. The SMILES string of the molecule is NC1=NC(O)C2=C(NC[CH]C2)N1. The second kappa shape index (κ2) is 2.67. The summed E-state index contributed by atoms with van der Waals surface area (Å²) >= 11 is 0. The van der Waals surface area contributed by atoms with Crippen molar-refractivity contribution in [2.75, 3.05) is 6.54 Å². The number of hydrogen-bond acceptors (Lipinski definition) is 5. The number of guanidine groups is 1. The molecule has 0 amide bonds. The van der Waals surface area contributed by atoms with Crippen molar-refractivity contribution in [3.8, 4) is 0 Å². The predicted octanol–water partition coefficient (Wildman–Crippen LogP) is -1.37. The maximum absolute atomic E-state index is 9.45. The van der Waals surface area contributed by atoms with Gasteiger partial charge in [-0.05, 0) is 12.8 Å². The van der Waals surface area contributed by atoms with Crippen LogP contribution in [-0.4, -0.2) is 23.8 Å². The molecule has 0 fully saturated rings. The second-order valence-corrected chi connectivity index (χ2v) is 2.79. The number of aliphatic hydroxyl groups excluding tert-OH is 1. The van der Waals surface area contributed by atoms with E-state index in [1.165, 1.54) is 0 Å². The molecule has 0 spiro atoms. The van der Waals surface area contributed by atoms with Gasteiger partial charge < -0.3 is 21.5 Å². The molecule has 2 heterocycles. The molecule has 1 atom stereocenters. The molecule has 0 aromatic carbocycles. The molecule has 0 aromatic rings. The first-order valence-electron chi connectivity index (χ1n) is 3.84. The molecule has 1 radical (unpaired) electrons. The number of hydrogen-bond donors (Lipinski definition) is 4. The Morgan fingerprint density at radius 3 is 3.33 bits per heavy atom. The monoisotopic (exact) mass is 167 g/mol. The van der Waals surface area contributed by atoms with Crippen LogP contribution in [-0.2, 0) is 0 Å². The highest BCUT2D eigenvalue weighted by Crippen LogP contribution is 2.19. The molecule has 12 heavy (non-hydrogen) atoms. The van der Waals surface area contributed by atoms with Crippen LogP contribution in [0, 0.1) is 6.42 Å². The number of aliphatic hydroxyl groups is 1. The lowest BCUT2D eigenvalue weighted by Gasteiger charge is -2.27. The first-order chi connectivity index (χ1) is 5.77. The summed E-state index contributed by atoms with van der Waals surface area (Å²) in [6.07, 6.45) is 2.01. The van der Waals surface area contributed by atoms with Gasteiger partial charge in [-0.1, -0.05) is 0 Å². The highest BCUT2D eigenvalue weighted by molar-refractivity contribution is 5.81. The van der Waals surface area contributed by atoms with Gasteiger partial charge in [0.2, 0.25) is 0 Å².